The lowest BCUT2D eigenvalue weighted by Crippen LogP contribution is -2.28. The summed E-state index contributed by atoms with van der Waals surface area (Å²) in [6.45, 7) is 2.90. The average Bonchev–Trinajstić information content (AvgIpc) is 3.08. The van der Waals surface area contributed by atoms with Gasteiger partial charge < -0.3 is 5.32 Å². The number of thiophene rings is 1. The Labute approximate surface area is 167 Å². The zero-order chi connectivity index (χ0) is 19.1. The first-order valence-corrected chi connectivity index (χ1v) is 12.3. The molecule has 3 rings (SSSR count). The van der Waals surface area contributed by atoms with Crippen molar-refractivity contribution in [3.63, 3.8) is 0 Å². The Morgan fingerprint density at radius 1 is 1.11 bits per heavy atom. The van der Waals surface area contributed by atoms with Crippen molar-refractivity contribution in [2.45, 2.75) is 69.4 Å². The first-order valence-electron chi connectivity index (χ1n) is 9.91. The van der Waals surface area contributed by atoms with Crippen molar-refractivity contribution in [3.05, 3.63) is 46.7 Å². The van der Waals surface area contributed by atoms with Crippen LogP contribution in [0.5, 0.6) is 0 Å². The highest BCUT2D eigenvalue weighted by molar-refractivity contribution is 7.92. The summed E-state index contributed by atoms with van der Waals surface area (Å²) in [5.74, 6) is 0.822. The second-order valence-corrected chi connectivity index (χ2v) is 10.1. The lowest BCUT2D eigenvalue weighted by atomic mass is 9.93. The van der Waals surface area contributed by atoms with Gasteiger partial charge in [-0.1, -0.05) is 56.7 Å². The Bertz CT molecular complexity index is 795. The maximum Gasteiger partial charge on any atom is 0.262 e. The predicted molar refractivity (Wildman–Crippen MR) is 114 cm³/mol. The van der Waals surface area contributed by atoms with Gasteiger partial charge in [-0.2, -0.15) is 11.3 Å². The van der Waals surface area contributed by atoms with Gasteiger partial charge in [-0.3, -0.25) is 4.72 Å². The highest BCUT2D eigenvalue weighted by atomic mass is 32.2. The highest BCUT2D eigenvalue weighted by Crippen LogP contribution is 2.27. The fraction of sp³-hybridized carbons (Fsp3) is 0.524. The van der Waals surface area contributed by atoms with Crippen molar-refractivity contribution in [2.75, 3.05) is 4.72 Å². The molecule has 148 valence electrons. The van der Waals surface area contributed by atoms with Gasteiger partial charge in [0, 0.05) is 18.0 Å². The molecular weight excluding hydrogens is 376 g/mol. The number of anilines is 1. The predicted octanol–water partition coefficient (Wildman–Crippen LogP) is 5.39. The van der Waals surface area contributed by atoms with Gasteiger partial charge in [0.15, 0.2) is 0 Å². The van der Waals surface area contributed by atoms with E-state index in [0.29, 0.717) is 23.2 Å². The van der Waals surface area contributed by atoms with E-state index < -0.39 is 10.0 Å². The summed E-state index contributed by atoms with van der Waals surface area (Å²) in [4.78, 5) is 0.317. The molecule has 0 bridgehead atoms. The first kappa shape index (κ1) is 20.4. The van der Waals surface area contributed by atoms with Gasteiger partial charge in [-0.05, 0) is 42.3 Å². The lowest BCUT2D eigenvalue weighted by molar-refractivity contribution is 0.363. The Kier molecular flexibility index (Phi) is 7.33. The molecule has 0 aliphatic heterocycles. The molecule has 27 heavy (non-hydrogen) atoms. The molecule has 1 fully saturated rings. The van der Waals surface area contributed by atoms with E-state index in [4.69, 9.17) is 0 Å². The van der Waals surface area contributed by atoms with Crippen LogP contribution in [0.4, 0.5) is 5.69 Å². The molecule has 0 unspecified atom stereocenters. The third kappa shape index (κ3) is 6.06. The van der Waals surface area contributed by atoms with E-state index in [-0.39, 0.29) is 0 Å². The summed E-state index contributed by atoms with van der Waals surface area (Å²) in [6.07, 6.45) is 9.40. The molecule has 1 aromatic heterocycles. The maximum atomic E-state index is 12.5. The topological polar surface area (TPSA) is 58.2 Å². The van der Waals surface area contributed by atoms with Crippen LogP contribution in [0.15, 0.2) is 46.0 Å². The Balaban J connectivity index is 1.59. The quantitative estimate of drug-likeness (QED) is 0.578. The smallest absolute Gasteiger partial charge is 0.262 e. The average molecular weight is 407 g/mol. The van der Waals surface area contributed by atoms with Gasteiger partial charge in [0.1, 0.15) is 0 Å². The van der Waals surface area contributed by atoms with E-state index in [1.165, 1.54) is 56.3 Å². The molecule has 2 aromatic rings. The van der Waals surface area contributed by atoms with Crippen LogP contribution < -0.4 is 10.0 Å². The zero-order valence-corrected chi connectivity index (χ0v) is 17.6. The van der Waals surface area contributed by atoms with Gasteiger partial charge in [0.2, 0.25) is 0 Å². The van der Waals surface area contributed by atoms with Crippen molar-refractivity contribution < 1.29 is 8.42 Å². The van der Waals surface area contributed by atoms with Gasteiger partial charge in [0.25, 0.3) is 10.0 Å². The molecule has 0 radical (unpaired) electrons. The highest BCUT2D eigenvalue weighted by Gasteiger charge is 2.18. The normalized spacial score (nSPS) is 17.4. The standard InChI is InChI=1S/C21H30N2O2S2/c1-17(14-18-8-4-2-3-5-9-18)22-15-19-10-6-7-11-21(19)23-27(24,25)20-12-13-26-16-20/h6-7,10-13,16-18,22-23H,2-5,8-9,14-15H2,1H3/t17-/m0/s1. The molecule has 1 saturated carbocycles. The molecule has 2 N–H and O–H groups in total. The summed E-state index contributed by atoms with van der Waals surface area (Å²) in [5.41, 5.74) is 1.63. The van der Waals surface area contributed by atoms with Gasteiger partial charge in [-0.15, -0.1) is 0 Å². The second kappa shape index (κ2) is 9.71. The van der Waals surface area contributed by atoms with Crippen molar-refractivity contribution in [2.24, 2.45) is 5.92 Å². The number of rotatable bonds is 8. The van der Waals surface area contributed by atoms with E-state index in [9.17, 15) is 8.42 Å². The lowest BCUT2D eigenvalue weighted by Gasteiger charge is -2.21. The molecule has 1 aliphatic carbocycles. The largest absolute Gasteiger partial charge is 0.310 e. The van der Waals surface area contributed by atoms with Crippen molar-refractivity contribution >= 4 is 27.0 Å². The van der Waals surface area contributed by atoms with Crippen LogP contribution in [0.25, 0.3) is 0 Å². The van der Waals surface area contributed by atoms with E-state index in [1.807, 2.05) is 24.3 Å². The number of benzene rings is 1. The Morgan fingerprint density at radius 2 is 1.85 bits per heavy atom. The van der Waals surface area contributed by atoms with Gasteiger partial charge in [0.05, 0.1) is 10.6 Å². The van der Waals surface area contributed by atoms with Crippen LogP contribution in [0.2, 0.25) is 0 Å². The molecule has 4 nitrogen and oxygen atoms in total. The summed E-state index contributed by atoms with van der Waals surface area (Å²) in [6, 6.07) is 9.69. The van der Waals surface area contributed by atoms with Crippen molar-refractivity contribution in [3.8, 4) is 0 Å². The summed E-state index contributed by atoms with van der Waals surface area (Å²) in [5, 5.41) is 7.02. The van der Waals surface area contributed by atoms with E-state index >= 15 is 0 Å². The van der Waals surface area contributed by atoms with Crippen LogP contribution >= 0.6 is 11.3 Å². The minimum absolute atomic E-state index is 0.317. The van der Waals surface area contributed by atoms with Crippen molar-refractivity contribution in [1.82, 2.24) is 5.32 Å². The SMILES string of the molecule is C[C@@H](CC1CCCCCC1)NCc1ccccc1NS(=O)(=O)c1ccsc1. The van der Waals surface area contributed by atoms with Gasteiger partial charge >= 0.3 is 0 Å². The first-order chi connectivity index (χ1) is 13.0. The number of sulfonamides is 1. The minimum atomic E-state index is -3.53. The minimum Gasteiger partial charge on any atom is -0.310 e. The Hall–Kier alpha value is -1.37. The van der Waals surface area contributed by atoms with Crippen molar-refractivity contribution in [1.29, 1.82) is 0 Å². The summed E-state index contributed by atoms with van der Waals surface area (Å²) < 4.78 is 27.8. The Morgan fingerprint density at radius 3 is 2.56 bits per heavy atom. The molecule has 0 saturated heterocycles. The number of hydrogen-bond donors (Lipinski definition) is 2. The summed E-state index contributed by atoms with van der Waals surface area (Å²) >= 11 is 1.38. The van der Waals surface area contributed by atoms with E-state index in [1.54, 1.807) is 16.8 Å². The molecule has 1 aliphatic rings. The third-order valence-corrected chi connectivity index (χ3v) is 7.57. The van der Waals surface area contributed by atoms with Crippen LogP contribution in [-0.4, -0.2) is 14.5 Å². The van der Waals surface area contributed by atoms with Crippen LogP contribution in [0, 0.1) is 5.92 Å². The molecule has 1 aromatic carbocycles. The molecular formula is C21H30N2O2S2. The number of hydrogen-bond acceptors (Lipinski definition) is 4. The molecule has 0 amide bonds. The number of nitrogens with one attached hydrogen (secondary N) is 2. The van der Waals surface area contributed by atoms with Crippen LogP contribution in [0.3, 0.4) is 0 Å². The third-order valence-electron chi connectivity index (χ3n) is 5.37. The fourth-order valence-corrected chi connectivity index (χ4v) is 5.98. The second-order valence-electron chi connectivity index (χ2n) is 7.60. The summed E-state index contributed by atoms with van der Waals surface area (Å²) in [7, 11) is -3.53. The fourth-order valence-electron chi connectivity index (χ4n) is 3.85. The van der Waals surface area contributed by atoms with Gasteiger partial charge in [-0.25, -0.2) is 8.42 Å². The van der Waals surface area contributed by atoms with E-state index in [0.717, 1.165) is 11.5 Å². The molecule has 1 heterocycles. The molecule has 6 heteroatoms. The molecule has 1 atom stereocenters. The monoisotopic (exact) mass is 406 g/mol. The van der Waals surface area contributed by atoms with E-state index in [2.05, 4.69) is 17.0 Å². The van der Waals surface area contributed by atoms with Crippen LogP contribution in [-0.2, 0) is 16.6 Å². The van der Waals surface area contributed by atoms with Crippen LogP contribution in [0.1, 0.15) is 57.4 Å². The molecule has 0 spiro atoms. The number of para-hydroxylation sites is 1. The maximum absolute atomic E-state index is 12.5. The zero-order valence-electron chi connectivity index (χ0n) is 16.0.